The monoisotopic (exact) mass is 370 g/mol. The molecule has 4 rings (SSSR count). The average Bonchev–Trinajstić information content (AvgIpc) is 2.69. The number of fused-ring (bicyclic) bond motifs is 3. The van der Waals surface area contributed by atoms with Crippen LogP contribution in [0.4, 0.5) is 4.39 Å². The van der Waals surface area contributed by atoms with E-state index in [4.69, 9.17) is 0 Å². The van der Waals surface area contributed by atoms with Crippen LogP contribution in [0.1, 0.15) is 49.3 Å². The quantitative estimate of drug-likeness (QED) is 0.766. The highest BCUT2D eigenvalue weighted by Gasteiger charge is 2.62. The Labute approximate surface area is 159 Å². The first-order valence-corrected chi connectivity index (χ1v) is 9.77. The molecule has 27 heavy (non-hydrogen) atoms. The van der Waals surface area contributed by atoms with Crippen molar-refractivity contribution in [2.75, 3.05) is 6.67 Å². The highest BCUT2D eigenvalue weighted by molar-refractivity contribution is 5.45. The molecule has 144 valence electrons. The summed E-state index contributed by atoms with van der Waals surface area (Å²) >= 11 is 0. The van der Waals surface area contributed by atoms with Crippen molar-refractivity contribution in [3.05, 3.63) is 65.2 Å². The van der Waals surface area contributed by atoms with Crippen LogP contribution in [-0.2, 0) is 17.4 Å². The van der Waals surface area contributed by atoms with E-state index in [-0.39, 0.29) is 18.1 Å². The van der Waals surface area contributed by atoms with Crippen LogP contribution in [0.25, 0.3) is 0 Å². The molecule has 3 unspecified atom stereocenters. The molecule has 1 saturated carbocycles. The molecule has 2 aromatic carbocycles. The lowest BCUT2D eigenvalue weighted by atomic mass is 9.48. The number of rotatable bonds is 3. The second-order valence-corrected chi connectivity index (χ2v) is 8.36. The van der Waals surface area contributed by atoms with E-state index in [2.05, 4.69) is 6.92 Å². The number of phenolic OH excluding ortho intramolecular Hbond substituents is 1. The van der Waals surface area contributed by atoms with Gasteiger partial charge in [-0.15, -0.1) is 0 Å². The van der Waals surface area contributed by atoms with Crippen molar-refractivity contribution in [2.45, 2.75) is 55.6 Å². The van der Waals surface area contributed by atoms with E-state index >= 15 is 0 Å². The maximum Gasteiger partial charge on any atom is 0.126 e. The fraction of sp³-hybridized carbons (Fsp3) is 0.478. The van der Waals surface area contributed by atoms with Gasteiger partial charge in [-0.3, -0.25) is 0 Å². The zero-order chi connectivity index (χ0) is 19.3. The summed E-state index contributed by atoms with van der Waals surface area (Å²) in [5.74, 6) is 0.368. The Morgan fingerprint density at radius 3 is 2.52 bits per heavy atom. The Hall–Kier alpha value is -1.91. The number of aliphatic hydroxyl groups is 2. The van der Waals surface area contributed by atoms with Crippen LogP contribution in [0.3, 0.4) is 0 Å². The standard InChI is InChI=1S/C23H27FO3/c1-2-21-14-22(26,15-24)23(27,17-6-4-3-5-7-17)13-18(21)9-8-16-12-19(25)10-11-20(16)21/h3-7,10-12,18,25-27H,2,8-9,13-15H2,1H3/t18-,21?,22?,23?/m1/s1. The summed E-state index contributed by atoms with van der Waals surface area (Å²) in [5, 5.41) is 32.8. The fourth-order valence-corrected chi connectivity index (χ4v) is 5.71. The summed E-state index contributed by atoms with van der Waals surface area (Å²) in [6, 6.07) is 14.4. The zero-order valence-electron chi connectivity index (χ0n) is 15.7. The minimum Gasteiger partial charge on any atom is -0.508 e. The molecule has 0 aliphatic heterocycles. The van der Waals surface area contributed by atoms with E-state index in [0.29, 0.717) is 12.0 Å². The van der Waals surface area contributed by atoms with Gasteiger partial charge in [-0.1, -0.05) is 43.3 Å². The van der Waals surface area contributed by atoms with Crippen molar-refractivity contribution >= 4 is 0 Å². The van der Waals surface area contributed by atoms with Crippen molar-refractivity contribution in [1.82, 2.24) is 0 Å². The van der Waals surface area contributed by atoms with Crippen molar-refractivity contribution < 1.29 is 19.7 Å². The second-order valence-electron chi connectivity index (χ2n) is 8.36. The molecule has 3 N–H and O–H groups in total. The Morgan fingerprint density at radius 1 is 1.11 bits per heavy atom. The Balaban J connectivity index is 1.86. The van der Waals surface area contributed by atoms with Crippen LogP contribution in [-0.4, -0.2) is 27.6 Å². The van der Waals surface area contributed by atoms with E-state index in [0.717, 1.165) is 30.4 Å². The van der Waals surface area contributed by atoms with Gasteiger partial charge >= 0.3 is 0 Å². The van der Waals surface area contributed by atoms with Gasteiger partial charge in [0.1, 0.15) is 23.6 Å². The van der Waals surface area contributed by atoms with Gasteiger partial charge in [0.2, 0.25) is 0 Å². The van der Waals surface area contributed by atoms with E-state index in [1.807, 2.05) is 24.3 Å². The van der Waals surface area contributed by atoms with Crippen molar-refractivity contribution in [1.29, 1.82) is 0 Å². The van der Waals surface area contributed by atoms with Gasteiger partial charge in [-0.25, -0.2) is 4.39 Å². The topological polar surface area (TPSA) is 60.7 Å². The first-order valence-electron chi connectivity index (χ1n) is 9.77. The minimum absolute atomic E-state index is 0.136. The predicted octanol–water partition coefficient (Wildman–Crippen LogP) is 3.98. The summed E-state index contributed by atoms with van der Waals surface area (Å²) in [6.07, 6.45) is 2.91. The third-order valence-electron chi connectivity index (χ3n) is 7.19. The first kappa shape index (κ1) is 18.5. The van der Waals surface area contributed by atoms with Gasteiger partial charge in [0.05, 0.1) is 0 Å². The normalized spacial score (nSPS) is 35.3. The molecule has 0 spiro atoms. The maximum atomic E-state index is 14.3. The molecule has 0 aromatic heterocycles. The van der Waals surface area contributed by atoms with Crippen LogP contribution in [0.2, 0.25) is 0 Å². The predicted molar refractivity (Wildman–Crippen MR) is 102 cm³/mol. The molecule has 3 nitrogen and oxygen atoms in total. The smallest absolute Gasteiger partial charge is 0.126 e. The van der Waals surface area contributed by atoms with Gasteiger partial charge in [0.15, 0.2) is 0 Å². The van der Waals surface area contributed by atoms with Gasteiger partial charge in [0.25, 0.3) is 0 Å². The third-order valence-corrected chi connectivity index (χ3v) is 7.19. The fourth-order valence-electron chi connectivity index (χ4n) is 5.71. The molecule has 1 fully saturated rings. The zero-order valence-corrected chi connectivity index (χ0v) is 15.7. The molecular weight excluding hydrogens is 343 g/mol. The minimum atomic E-state index is -1.85. The van der Waals surface area contributed by atoms with Crippen LogP contribution in [0, 0.1) is 5.92 Å². The van der Waals surface area contributed by atoms with Gasteiger partial charge in [0, 0.05) is 5.41 Å². The number of hydrogen-bond acceptors (Lipinski definition) is 3. The molecule has 2 aliphatic carbocycles. The van der Waals surface area contributed by atoms with Crippen LogP contribution in [0.15, 0.2) is 48.5 Å². The summed E-state index contributed by atoms with van der Waals surface area (Å²) in [5.41, 5.74) is -1.14. The number of halogens is 1. The lowest BCUT2D eigenvalue weighted by molar-refractivity contribution is -0.220. The number of aromatic hydroxyl groups is 1. The lowest BCUT2D eigenvalue weighted by Gasteiger charge is -2.59. The average molecular weight is 370 g/mol. The first-order chi connectivity index (χ1) is 12.9. The molecule has 0 bridgehead atoms. The van der Waals surface area contributed by atoms with Gasteiger partial charge < -0.3 is 15.3 Å². The number of benzene rings is 2. The number of alkyl halides is 1. The van der Waals surface area contributed by atoms with Gasteiger partial charge in [-0.05, 0) is 66.8 Å². The molecule has 0 heterocycles. The molecule has 2 aliphatic rings. The molecular formula is C23H27FO3. The Kier molecular flexibility index (Phi) is 4.32. The largest absolute Gasteiger partial charge is 0.508 e. The second kappa shape index (κ2) is 6.32. The van der Waals surface area contributed by atoms with E-state index < -0.39 is 23.3 Å². The molecule has 0 amide bonds. The summed E-state index contributed by atoms with van der Waals surface area (Å²) in [7, 11) is 0. The number of aryl methyl sites for hydroxylation is 1. The van der Waals surface area contributed by atoms with Gasteiger partial charge in [-0.2, -0.15) is 0 Å². The summed E-state index contributed by atoms with van der Waals surface area (Å²) in [6.45, 7) is 1.07. The highest BCUT2D eigenvalue weighted by atomic mass is 19.1. The highest BCUT2D eigenvalue weighted by Crippen LogP contribution is 2.60. The van der Waals surface area contributed by atoms with Crippen LogP contribution in [0.5, 0.6) is 5.75 Å². The van der Waals surface area contributed by atoms with E-state index in [9.17, 15) is 19.7 Å². The number of hydrogen-bond donors (Lipinski definition) is 3. The third kappa shape index (κ3) is 2.54. The molecule has 0 radical (unpaired) electrons. The summed E-state index contributed by atoms with van der Waals surface area (Å²) in [4.78, 5) is 0. The lowest BCUT2D eigenvalue weighted by Crippen LogP contribution is -2.64. The van der Waals surface area contributed by atoms with Crippen LogP contribution < -0.4 is 0 Å². The van der Waals surface area contributed by atoms with Crippen molar-refractivity contribution in [2.24, 2.45) is 5.92 Å². The maximum absolute atomic E-state index is 14.3. The van der Waals surface area contributed by atoms with Crippen molar-refractivity contribution in [3.8, 4) is 5.75 Å². The molecule has 0 saturated heterocycles. The van der Waals surface area contributed by atoms with Crippen LogP contribution >= 0.6 is 0 Å². The number of phenols is 1. The molecule has 4 heteroatoms. The summed E-state index contributed by atoms with van der Waals surface area (Å²) < 4.78 is 14.3. The Morgan fingerprint density at radius 2 is 1.85 bits per heavy atom. The van der Waals surface area contributed by atoms with E-state index in [1.165, 1.54) is 0 Å². The molecule has 4 atom stereocenters. The van der Waals surface area contributed by atoms with Crippen molar-refractivity contribution in [3.63, 3.8) is 0 Å². The Bertz CT molecular complexity index is 839. The molecule has 2 aromatic rings. The SMILES string of the molecule is CCC12CC(O)(CF)C(O)(c3ccccc3)C[C@H]1CCc1cc(O)ccc12. The van der Waals surface area contributed by atoms with E-state index in [1.54, 1.807) is 24.3 Å².